The molecule has 3 atom stereocenters. The molecule has 0 aromatic heterocycles. The van der Waals surface area contributed by atoms with Crippen LogP contribution in [-0.4, -0.2) is 34.4 Å². The van der Waals surface area contributed by atoms with Crippen LogP contribution in [0.15, 0.2) is 30.3 Å². The van der Waals surface area contributed by atoms with Gasteiger partial charge < -0.3 is 15.7 Å². The number of carbonyl (C=O) groups is 2. The number of nitrogens with one attached hydrogen (secondary N) is 3. The molecule has 0 aliphatic carbocycles. The molecule has 114 valence electrons. The zero-order chi connectivity index (χ0) is 15.2. The largest absolute Gasteiger partial charge is 0.378 e. The molecule has 0 bridgehead atoms. The number of hydrogen-bond donors (Lipinski definition) is 4. The van der Waals surface area contributed by atoms with Crippen molar-refractivity contribution in [3.8, 4) is 0 Å². The van der Waals surface area contributed by atoms with E-state index in [1.54, 1.807) is 12.1 Å². The highest BCUT2D eigenvalue weighted by Crippen LogP contribution is 2.17. The zero-order valence-electron chi connectivity index (χ0n) is 11.7. The minimum Gasteiger partial charge on any atom is -0.378 e. The standard InChI is InChI=1S/C14H19N3O3S/c1-2-10-12(19)16-14(17-13(10)20)21-8-11(18)15-9-6-4-3-5-7-9/h3-7,10,12,14,16,19H,2,8H2,1H3,(H,15,18)(H,17,20). The SMILES string of the molecule is CCC1C(=O)NC(SCC(=O)Nc2ccccc2)NC1O. The molecular weight excluding hydrogens is 290 g/mol. The Balaban J connectivity index is 1.78. The first-order valence-electron chi connectivity index (χ1n) is 6.81. The normalized spacial score (nSPS) is 25.2. The second-order valence-electron chi connectivity index (χ2n) is 4.74. The first-order chi connectivity index (χ1) is 10.1. The van der Waals surface area contributed by atoms with Gasteiger partial charge in [0.25, 0.3) is 0 Å². The molecule has 1 aliphatic rings. The Morgan fingerprint density at radius 1 is 1.38 bits per heavy atom. The van der Waals surface area contributed by atoms with E-state index in [9.17, 15) is 14.7 Å². The van der Waals surface area contributed by atoms with E-state index in [-0.39, 0.29) is 17.6 Å². The van der Waals surface area contributed by atoms with Crippen LogP contribution in [0.1, 0.15) is 13.3 Å². The molecule has 3 unspecified atom stereocenters. The highest BCUT2D eigenvalue weighted by molar-refractivity contribution is 8.00. The Kier molecular flexibility index (Phi) is 5.60. The molecule has 0 spiro atoms. The molecule has 2 amide bonds. The lowest BCUT2D eigenvalue weighted by Gasteiger charge is -2.33. The topological polar surface area (TPSA) is 90.5 Å². The molecule has 1 saturated heterocycles. The molecule has 1 aromatic rings. The van der Waals surface area contributed by atoms with E-state index in [0.717, 1.165) is 5.69 Å². The summed E-state index contributed by atoms with van der Waals surface area (Å²) in [6, 6.07) is 9.16. The fourth-order valence-corrected chi connectivity index (χ4v) is 2.89. The third kappa shape index (κ3) is 4.45. The number of carbonyl (C=O) groups excluding carboxylic acids is 2. The van der Waals surface area contributed by atoms with Crippen molar-refractivity contribution < 1.29 is 14.7 Å². The van der Waals surface area contributed by atoms with Gasteiger partial charge in [-0.3, -0.25) is 14.9 Å². The number of anilines is 1. The predicted octanol–water partition coefficient (Wildman–Crippen LogP) is 0.706. The van der Waals surface area contributed by atoms with Crippen LogP contribution in [0.25, 0.3) is 0 Å². The quantitative estimate of drug-likeness (QED) is 0.643. The van der Waals surface area contributed by atoms with Crippen molar-refractivity contribution in [2.24, 2.45) is 5.92 Å². The summed E-state index contributed by atoms with van der Waals surface area (Å²) in [5.41, 5.74) is 0.270. The van der Waals surface area contributed by atoms with Gasteiger partial charge in [0.1, 0.15) is 11.7 Å². The maximum absolute atomic E-state index is 11.8. The highest BCUT2D eigenvalue weighted by Gasteiger charge is 2.33. The van der Waals surface area contributed by atoms with Gasteiger partial charge in [-0.25, -0.2) is 0 Å². The van der Waals surface area contributed by atoms with Crippen molar-refractivity contribution in [2.75, 3.05) is 11.1 Å². The summed E-state index contributed by atoms with van der Waals surface area (Å²) in [7, 11) is 0. The predicted molar refractivity (Wildman–Crippen MR) is 82.4 cm³/mol. The van der Waals surface area contributed by atoms with E-state index in [4.69, 9.17) is 0 Å². The molecule has 1 aromatic carbocycles. The first-order valence-corrected chi connectivity index (χ1v) is 7.86. The van der Waals surface area contributed by atoms with Crippen LogP contribution in [0.4, 0.5) is 5.69 Å². The number of thioether (sulfide) groups is 1. The maximum atomic E-state index is 11.8. The lowest BCUT2D eigenvalue weighted by molar-refractivity contribution is -0.133. The number of aliphatic hydroxyl groups excluding tert-OH is 1. The molecule has 2 rings (SSSR count). The molecule has 0 radical (unpaired) electrons. The van der Waals surface area contributed by atoms with E-state index in [0.29, 0.717) is 6.42 Å². The van der Waals surface area contributed by atoms with Crippen molar-refractivity contribution in [1.82, 2.24) is 10.6 Å². The summed E-state index contributed by atoms with van der Waals surface area (Å²) in [6.07, 6.45) is -0.315. The highest BCUT2D eigenvalue weighted by atomic mass is 32.2. The zero-order valence-corrected chi connectivity index (χ0v) is 12.5. The van der Waals surface area contributed by atoms with E-state index >= 15 is 0 Å². The van der Waals surface area contributed by atoms with Gasteiger partial charge in [-0.05, 0) is 18.6 Å². The maximum Gasteiger partial charge on any atom is 0.234 e. The van der Waals surface area contributed by atoms with Crippen molar-refractivity contribution in [3.63, 3.8) is 0 Å². The van der Waals surface area contributed by atoms with Crippen molar-refractivity contribution >= 4 is 29.3 Å². The average molecular weight is 309 g/mol. The second-order valence-corrected chi connectivity index (χ2v) is 5.83. The van der Waals surface area contributed by atoms with Gasteiger partial charge in [0.15, 0.2) is 0 Å². The summed E-state index contributed by atoms with van der Waals surface area (Å²) in [5, 5.41) is 18.2. The van der Waals surface area contributed by atoms with E-state index < -0.39 is 17.6 Å². The summed E-state index contributed by atoms with van der Waals surface area (Å²) in [4.78, 5) is 23.6. The fourth-order valence-electron chi connectivity index (χ4n) is 2.07. The van der Waals surface area contributed by atoms with Crippen LogP contribution >= 0.6 is 11.8 Å². The Bertz CT molecular complexity index is 497. The molecule has 7 heteroatoms. The summed E-state index contributed by atoms with van der Waals surface area (Å²) >= 11 is 1.23. The third-order valence-corrected chi connectivity index (χ3v) is 4.21. The molecule has 1 aliphatic heterocycles. The van der Waals surface area contributed by atoms with Gasteiger partial charge in [-0.2, -0.15) is 0 Å². The van der Waals surface area contributed by atoms with Crippen molar-refractivity contribution in [2.45, 2.75) is 25.1 Å². The first kappa shape index (κ1) is 15.8. The molecule has 0 saturated carbocycles. The van der Waals surface area contributed by atoms with E-state index in [1.807, 2.05) is 25.1 Å². The third-order valence-electron chi connectivity index (χ3n) is 3.19. The van der Waals surface area contributed by atoms with Crippen LogP contribution in [0, 0.1) is 5.92 Å². The van der Waals surface area contributed by atoms with E-state index in [1.165, 1.54) is 11.8 Å². The lowest BCUT2D eigenvalue weighted by Crippen LogP contribution is -2.60. The number of rotatable bonds is 5. The number of para-hydroxylation sites is 1. The molecule has 1 heterocycles. The molecule has 1 fully saturated rings. The fraction of sp³-hybridized carbons (Fsp3) is 0.429. The van der Waals surface area contributed by atoms with Gasteiger partial charge in [0.05, 0.1) is 11.7 Å². The van der Waals surface area contributed by atoms with E-state index in [2.05, 4.69) is 16.0 Å². The van der Waals surface area contributed by atoms with Crippen LogP contribution in [-0.2, 0) is 9.59 Å². The second kappa shape index (κ2) is 7.44. The molecular formula is C14H19N3O3S. The Morgan fingerprint density at radius 3 is 2.71 bits per heavy atom. The monoisotopic (exact) mass is 309 g/mol. The Labute approximate surface area is 127 Å². The van der Waals surface area contributed by atoms with Crippen molar-refractivity contribution in [3.05, 3.63) is 30.3 Å². The Morgan fingerprint density at radius 2 is 2.10 bits per heavy atom. The van der Waals surface area contributed by atoms with Gasteiger partial charge in [0, 0.05) is 5.69 Å². The Hall–Kier alpha value is -1.57. The molecule has 21 heavy (non-hydrogen) atoms. The average Bonchev–Trinajstić information content (AvgIpc) is 2.46. The van der Waals surface area contributed by atoms with Gasteiger partial charge in [0.2, 0.25) is 11.8 Å². The van der Waals surface area contributed by atoms with Crippen LogP contribution < -0.4 is 16.0 Å². The molecule has 6 nitrogen and oxygen atoms in total. The smallest absolute Gasteiger partial charge is 0.234 e. The molecule has 4 N–H and O–H groups in total. The summed E-state index contributed by atoms with van der Waals surface area (Å²) in [6.45, 7) is 1.84. The number of aliphatic hydroxyl groups is 1. The number of benzene rings is 1. The summed E-state index contributed by atoms with van der Waals surface area (Å²) < 4.78 is 0. The summed E-state index contributed by atoms with van der Waals surface area (Å²) in [5.74, 6) is -0.616. The number of hydrogen-bond acceptors (Lipinski definition) is 5. The van der Waals surface area contributed by atoms with Crippen LogP contribution in [0.2, 0.25) is 0 Å². The van der Waals surface area contributed by atoms with Crippen LogP contribution in [0.5, 0.6) is 0 Å². The minimum absolute atomic E-state index is 0.158. The minimum atomic E-state index is -0.876. The van der Waals surface area contributed by atoms with Crippen LogP contribution in [0.3, 0.4) is 0 Å². The van der Waals surface area contributed by atoms with Gasteiger partial charge in [-0.15, -0.1) is 11.8 Å². The van der Waals surface area contributed by atoms with Gasteiger partial charge >= 0.3 is 0 Å². The van der Waals surface area contributed by atoms with Gasteiger partial charge in [-0.1, -0.05) is 25.1 Å². The lowest BCUT2D eigenvalue weighted by atomic mass is 10.0. The number of amides is 2. The van der Waals surface area contributed by atoms with Crippen molar-refractivity contribution in [1.29, 1.82) is 0 Å².